The second-order valence-corrected chi connectivity index (χ2v) is 5.33. The number of halogens is 3. The van der Waals surface area contributed by atoms with Crippen molar-refractivity contribution in [1.29, 1.82) is 0 Å². The van der Waals surface area contributed by atoms with Crippen LogP contribution in [-0.4, -0.2) is 29.2 Å². The number of carboxylic acid groups (broad SMARTS) is 1. The van der Waals surface area contributed by atoms with E-state index in [1.54, 1.807) is 6.92 Å². The van der Waals surface area contributed by atoms with E-state index in [1.165, 1.54) is 0 Å². The first kappa shape index (κ1) is 16.8. The average molecular weight is 295 g/mol. The lowest BCUT2D eigenvalue weighted by Gasteiger charge is -2.29. The van der Waals surface area contributed by atoms with Crippen molar-refractivity contribution in [3.05, 3.63) is 0 Å². The minimum atomic E-state index is -4.15. The molecule has 0 heterocycles. The molecule has 1 rings (SSSR count). The first-order chi connectivity index (χ1) is 9.24. The highest BCUT2D eigenvalue weighted by molar-refractivity contribution is 5.83. The van der Waals surface area contributed by atoms with Gasteiger partial charge in [0, 0.05) is 6.42 Å². The van der Waals surface area contributed by atoms with E-state index < -0.39 is 30.0 Å². The fourth-order valence-corrected chi connectivity index (χ4v) is 2.55. The van der Waals surface area contributed by atoms with Gasteiger partial charge < -0.3 is 10.4 Å². The van der Waals surface area contributed by atoms with Gasteiger partial charge in [0.2, 0.25) is 5.91 Å². The summed E-state index contributed by atoms with van der Waals surface area (Å²) in [5, 5.41) is 11.2. The molecule has 1 fully saturated rings. The number of rotatable bonds is 5. The van der Waals surface area contributed by atoms with Crippen molar-refractivity contribution in [2.45, 2.75) is 57.7 Å². The van der Waals surface area contributed by atoms with Gasteiger partial charge in [0.15, 0.2) is 0 Å². The van der Waals surface area contributed by atoms with Crippen LogP contribution in [-0.2, 0) is 9.59 Å². The summed E-state index contributed by atoms with van der Waals surface area (Å²) in [6.07, 6.45) is -2.93. The van der Waals surface area contributed by atoms with Crippen molar-refractivity contribution in [3.63, 3.8) is 0 Å². The highest BCUT2D eigenvalue weighted by Gasteiger charge is 2.41. The summed E-state index contributed by atoms with van der Waals surface area (Å²) in [6.45, 7) is 1.65. The van der Waals surface area contributed by atoms with Crippen LogP contribution in [0.4, 0.5) is 13.2 Å². The van der Waals surface area contributed by atoms with E-state index in [0.717, 1.165) is 0 Å². The molecule has 1 aliphatic rings. The Kier molecular flexibility index (Phi) is 5.83. The molecule has 1 saturated carbocycles. The molecule has 0 saturated heterocycles. The molecule has 20 heavy (non-hydrogen) atoms. The maximum absolute atomic E-state index is 12.5. The van der Waals surface area contributed by atoms with E-state index in [1.807, 2.05) is 0 Å². The summed E-state index contributed by atoms with van der Waals surface area (Å²) >= 11 is 0. The topological polar surface area (TPSA) is 66.4 Å². The zero-order valence-electron chi connectivity index (χ0n) is 11.4. The lowest BCUT2D eigenvalue weighted by atomic mass is 9.80. The molecular formula is C13H20F3NO3. The smallest absolute Gasteiger partial charge is 0.391 e. The highest BCUT2D eigenvalue weighted by atomic mass is 19.4. The SMILES string of the molecule is CCC(NC(=O)CC1CCC(C(F)(F)F)CC1)C(=O)O. The molecule has 116 valence electrons. The predicted molar refractivity (Wildman–Crippen MR) is 66.0 cm³/mol. The number of aliphatic carboxylic acids is 1. The summed E-state index contributed by atoms with van der Waals surface area (Å²) in [7, 11) is 0. The third kappa shape index (κ3) is 5.02. The number of carbonyl (C=O) groups is 2. The highest BCUT2D eigenvalue weighted by Crippen LogP contribution is 2.40. The van der Waals surface area contributed by atoms with Gasteiger partial charge in [0.1, 0.15) is 6.04 Å². The van der Waals surface area contributed by atoms with Crippen molar-refractivity contribution in [3.8, 4) is 0 Å². The number of carbonyl (C=O) groups excluding carboxylic acids is 1. The molecule has 2 N–H and O–H groups in total. The minimum Gasteiger partial charge on any atom is -0.480 e. The number of hydrogen-bond donors (Lipinski definition) is 2. The van der Waals surface area contributed by atoms with Gasteiger partial charge in [-0.05, 0) is 38.0 Å². The number of alkyl halides is 3. The van der Waals surface area contributed by atoms with Gasteiger partial charge in [0.05, 0.1) is 5.92 Å². The Morgan fingerprint density at radius 1 is 1.25 bits per heavy atom. The average Bonchev–Trinajstić information content (AvgIpc) is 2.35. The van der Waals surface area contributed by atoms with E-state index in [2.05, 4.69) is 5.32 Å². The van der Waals surface area contributed by atoms with Crippen molar-refractivity contribution in [1.82, 2.24) is 5.32 Å². The van der Waals surface area contributed by atoms with Gasteiger partial charge >= 0.3 is 12.1 Å². The van der Waals surface area contributed by atoms with Gasteiger partial charge in [0.25, 0.3) is 0 Å². The number of hydrogen-bond acceptors (Lipinski definition) is 2. The normalized spacial score (nSPS) is 25.0. The minimum absolute atomic E-state index is 0.0532. The molecule has 0 aliphatic heterocycles. The second-order valence-electron chi connectivity index (χ2n) is 5.33. The zero-order chi connectivity index (χ0) is 15.3. The van der Waals surface area contributed by atoms with Gasteiger partial charge in [-0.1, -0.05) is 6.92 Å². The quantitative estimate of drug-likeness (QED) is 0.819. The fraction of sp³-hybridized carbons (Fsp3) is 0.846. The van der Waals surface area contributed by atoms with Crippen molar-refractivity contribution in [2.75, 3.05) is 0 Å². The van der Waals surface area contributed by atoms with Gasteiger partial charge in [-0.25, -0.2) is 4.79 Å². The predicted octanol–water partition coefficient (Wildman–Crippen LogP) is 2.72. The van der Waals surface area contributed by atoms with E-state index >= 15 is 0 Å². The molecule has 1 amide bonds. The Morgan fingerprint density at radius 2 is 1.80 bits per heavy atom. The second kappa shape index (κ2) is 6.95. The largest absolute Gasteiger partial charge is 0.480 e. The molecule has 0 aromatic heterocycles. The number of amides is 1. The molecule has 0 spiro atoms. The lowest BCUT2D eigenvalue weighted by molar-refractivity contribution is -0.184. The molecule has 4 nitrogen and oxygen atoms in total. The molecule has 1 aliphatic carbocycles. The Labute approximate surface area is 115 Å². The van der Waals surface area contributed by atoms with E-state index in [4.69, 9.17) is 5.11 Å². The zero-order valence-corrected chi connectivity index (χ0v) is 11.4. The number of nitrogens with one attached hydrogen (secondary N) is 1. The molecule has 0 aromatic rings. The monoisotopic (exact) mass is 295 g/mol. The first-order valence-corrected chi connectivity index (χ1v) is 6.82. The summed E-state index contributed by atoms with van der Waals surface area (Å²) in [6, 6.07) is -0.922. The van der Waals surface area contributed by atoms with Crippen molar-refractivity contribution >= 4 is 11.9 Å². The summed E-state index contributed by atoms with van der Waals surface area (Å²) in [5.41, 5.74) is 0. The van der Waals surface area contributed by atoms with Crippen LogP contribution in [0.1, 0.15) is 45.4 Å². The Bertz CT molecular complexity index is 349. The van der Waals surface area contributed by atoms with E-state index in [0.29, 0.717) is 12.8 Å². The lowest BCUT2D eigenvalue weighted by Crippen LogP contribution is -2.41. The van der Waals surface area contributed by atoms with Gasteiger partial charge in [-0.3, -0.25) is 4.79 Å². The van der Waals surface area contributed by atoms with Crippen LogP contribution in [0.2, 0.25) is 0 Å². The third-order valence-electron chi connectivity index (χ3n) is 3.83. The fourth-order valence-electron chi connectivity index (χ4n) is 2.55. The summed E-state index contributed by atoms with van der Waals surface area (Å²) in [5.74, 6) is -2.83. The van der Waals surface area contributed by atoms with Crippen LogP contribution in [0.15, 0.2) is 0 Å². The van der Waals surface area contributed by atoms with Gasteiger partial charge in [-0.2, -0.15) is 13.2 Å². The molecule has 0 aromatic carbocycles. The standard InChI is InChI=1S/C13H20F3NO3/c1-2-10(12(19)20)17-11(18)7-8-3-5-9(6-4-8)13(14,15)16/h8-10H,2-7H2,1H3,(H,17,18)(H,19,20). The summed E-state index contributed by atoms with van der Waals surface area (Å²) in [4.78, 5) is 22.4. The van der Waals surface area contributed by atoms with Crippen molar-refractivity contribution < 1.29 is 27.9 Å². The molecule has 7 heteroatoms. The molecular weight excluding hydrogens is 275 g/mol. The van der Waals surface area contributed by atoms with Crippen LogP contribution in [0.5, 0.6) is 0 Å². The van der Waals surface area contributed by atoms with Gasteiger partial charge in [-0.15, -0.1) is 0 Å². The summed E-state index contributed by atoms with van der Waals surface area (Å²) < 4.78 is 37.5. The Balaban J connectivity index is 2.36. The van der Waals surface area contributed by atoms with Crippen LogP contribution in [0, 0.1) is 11.8 Å². The maximum Gasteiger partial charge on any atom is 0.391 e. The molecule has 1 atom stereocenters. The Hall–Kier alpha value is -1.27. The molecule has 0 radical (unpaired) electrons. The maximum atomic E-state index is 12.5. The van der Waals surface area contributed by atoms with E-state index in [9.17, 15) is 22.8 Å². The number of carboxylic acids is 1. The van der Waals surface area contributed by atoms with Crippen LogP contribution < -0.4 is 5.32 Å². The molecule has 1 unspecified atom stereocenters. The third-order valence-corrected chi connectivity index (χ3v) is 3.83. The Morgan fingerprint density at radius 3 is 2.20 bits per heavy atom. The van der Waals surface area contributed by atoms with Crippen LogP contribution >= 0.6 is 0 Å². The van der Waals surface area contributed by atoms with Crippen LogP contribution in [0.25, 0.3) is 0 Å². The van der Waals surface area contributed by atoms with Crippen molar-refractivity contribution in [2.24, 2.45) is 11.8 Å². The molecule has 0 bridgehead atoms. The first-order valence-electron chi connectivity index (χ1n) is 6.82. The van der Waals surface area contributed by atoms with Crippen LogP contribution in [0.3, 0.4) is 0 Å². The van der Waals surface area contributed by atoms with E-state index in [-0.39, 0.29) is 31.6 Å².